The summed E-state index contributed by atoms with van der Waals surface area (Å²) in [5, 5.41) is 3.01. The number of carbonyl (C=O) groups is 1. The van der Waals surface area contributed by atoms with Crippen LogP contribution in [-0.2, 0) is 23.9 Å². The molecule has 0 radical (unpaired) electrons. The summed E-state index contributed by atoms with van der Waals surface area (Å²) in [6.07, 6.45) is 0.189. The molecule has 2 aromatic carbocycles. The Hall–Kier alpha value is -3.33. The van der Waals surface area contributed by atoms with Crippen LogP contribution in [0, 0.1) is 11.8 Å². The predicted octanol–water partition coefficient (Wildman–Crippen LogP) is 4.30. The highest BCUT2D eigenvalue weighted by Crippen LogP contribution is 2.32. The summed E-state index contributed by atoms with van der Waals surface area (Å²) in [6.45, 7) is 2.75. The van der Waals surface area contributed by atoms with Crippen molar-refractivity contribution in [1.82, 2.24) is 20.2 Å². The number of likely N-dealkylation sites (tertiary alicyclic amines) is 1. The number of aromatic amines is 1. The van der Waals surface area contributed by atoms with Crippen molar-refractivity contribution in [3.05, 3.63) is 83.9 Å². The number of hydrogen-bond donors (Lipinski definition) is 2. The van der Waals surface area contributed by atoms with Crippen LogP contribution in [0.4, 0.5) is 13.2 Å². The van der Waals surface area contributed by atoms with Gasteiger partial charge in [-0.1, -0.05) is 36.4 Å². The number of amides is 1. The zero-order chi connectivity index (χ0) is 24.7. The third-order valence-corrected chi connectivity index (χ3v) is 6.13. The summed E-state index contributed by atoms with van der Waals surface area (Å²) in [5.74, 6) is -0.0680. The Labute approximate surface area is 202 Å². The molecule has 0 aliphatic carbocycles. The number of H-pyrrole nitrogens is 1. The Bertz CT molecular complexity index is 1070. The normalized spacial score (nSPS) is 18.8. The average molecular weight is 487 g/mol. The van der Waals surface area contributed by atoms with Crippen molar-refractivity contribution in [3.63, 3.8) is 0 Å². The number of imidazole rings is 1. The van der Waals surface area contributed by atoms with E-state index >= 15 is 0 Å². The van der Waals surface area contributed by atoms with Gasteiger partial charge >= 0.3 is 6.18 Å². The number of benzene rings is 2. The lowest BCUT2D eigenvalue weighted by Gasteiger charge is -2.37. The van der Waals surface area contributed by atoms with Crippen molar-refractivity contribution in [2.45, 2.75) is 25.6 Å². The number of alkyl halides is 3. The number of nitrogens with zero attached hydrogens (tertiary/aromatic N) is 2. The van der Waals surface area contributed by atoms with Gasteiger partial charge in [-0.2, -0.15) is 13.2 Å². The van der Waals surface area contributed by atoms with Gasteiger partial charge in [0.05, 0.1) is 24.4 Å². The number of carbonyl (C=O) groups excluding carboxylic acids is 1. The lowest BCUT2D eigenvalue weighted by atomic mass is 9.88. The fraction of sp³-hybridized carbons (Fsp3) is 0.385. The van der Waals surface area contributed by atoms with E-state index in [0.29, 0.717) is 39.0 Å². The maximum Gasteiger partial charge on any atom is 0.416 e. The highest BCUT2D eigenvalue weighted by atomic mass is 19.4. The summed E-state index contributed by atoms with van der Waals surface area (Å²) < 4.78 is 44.9. The lowest BCUT2D eigenvalue weighted by Crippen LogP contribution is -2.47. The molecule has 9 heteroatoms. The van der Waals surface area contributed by atoms with Crippen molar-refractivity contribution < 1.29 is 22.7 Å². The molecule has 1 fully saturated rings. The van der Waals surface area contributed by atoms with Crippen LogP contribution in [0.15, 0.2) is 67.1 Å². The zero-order valence-corrected chi connectivity index (χ0v) is 19.3. The zero-order valence-electron chi connectivity index (χ0n) is 19.3. The van der Waals surface area contributed by atoms with Crippen LogP contribution in [0.25, 0.3) is 0 Å². The second-order valence-corrected chi connectivity index (χ2v) is 8.93. The van der Waals surface area contributed by atoms with E-state index in [0.717, 1.165) is 23.4 Å². The Balaban J connectivity index is 1.38. The Morgan fingerprint density at radius 3 is 2.71 bits per heavy atom. The van der Waals surface area contributed by atoms with Crippen LogP contribution in [0.2, 0.25) is 0 Å². The highest BCUT2D eigenvalue weighted by Gasteiger charge is 2.33. The Kier molecular flexibility index (Phi) is 8.07. The Morgan fingerprint density at radius 2 is 1.97 bits per heavy atom. The molecule has 0 spiro atoms. The maximum atomic E-state index is 13.0. The van der Waals surface area contributed by atoms with E-state index < -0.39 is 11.7 Å². The van der Waals surface area contributed by atoms with E-state index in [1.165, 1.54) is 12.1 Å². The van der Waals surface area contributed by atoms with Gasteiger partial charge in [0.25, 0.3) is 0 Å². The molecular formula is C26H29F3N4O2. The van der Waals surface area contributed by atoms with Gasteiger partial charge in [0, 0.05) is 50.4 Å². The number of piperidine rings is 1. The first-order valence-electron chi connectivity index (χ1n) is 11.7. The SMILES string of the molecule is O=C(NCCc1cnc[nH]1)[C@@H]1C[C@H](COc2cccc(C(F)(F)F)c2)CN(Cc2ccccc2)C1. The molecule has 2 N–H and O–H groups in total. The van der Waals surface area contributed by atoms with Gasteiger partial charge in [-0.05, 0) is 30.2 Å². The van der Waals surface area contributed by atoms with Crippen molar-refractivity contribution >= 4 is 5.91 Å². The van der Waals surface area contributed by atoms with Crippen LogP contribution in [0.1, 0.15) is 23.2 Å². The number of rotatable bonds is 9. The predicted molar refractivity (Wildman–Crippen MR) is 126 cm³/mol. The third kappa shape index (κ3) is 7.32. The van der Waals surface area contributed by atoms with Crippen molar-refractivity contribution in [2.24, 2.45) is 11.8 Å². The molecule has 1 aliphatic heterocycles. The molecule has 6 nitrogen and oxygen atoms in total. The van der Waals surface area contributed by atoms with Gasteiger partial charge in [0.2, 0.25) is 5.91 Å². The summed E-state index contributed by atoms with van der Waals surface area (Å²) in [5.41, 5.74) is 1.36. The van der Waals surface area contributed by atoms with Crippen molar-refractivity contribution in [2.75, 3.05) is 26.2 Å². The molecule has 35 heavy (non-hydrogen) atoms. The second-order valence-electron chi connectivity index (χ2n) is 8.93. The minimum Gasteiger partial charge on any atom is -0.493 e. The third-order valence-electron chi connectivity index (χ3n) is 6.13. The van der Waals surface area contributed by atoms with E-state index in [1.807, 2.05) is 30.3 Å². The molecule has 2 heterocycles. The van der Waals surface area contributed by atoms with Gasteiger partial charge in [0.1, 0.15) is 5.75 Å². The second kappa shape index (κ2) is 11.4. The fourth-order valence-electron chi connectivity index (χ4n) is 4.45. The molecule has 4 rings (SSSR count). The first kappa shape index (κ1) is 24.8. The number of hydrogen-bond acceptors (Lipinski definition) is 4. The number of nitrogens with one attached hydrogen (secondary N) is 2. The number of halogens is 3. The quantitative estimate of drug-likeness (QED) is 0.473. The van der Waals surface area contributed by atoms with Crippen LogP contribution < -0.4 is 10.1 Å². The molecule has 2 atom stereocenters. The smallest absolute Gasteiger partial charge is 0.416 e. The Morgan fingerprint density at radius 1 is 1.14 bits per heavy atom. The van der Waals surface area contributed by atoms with Gasteiger partial charge in [-0.15, -0.1) is 0 Å². The van der Waals surface area contributed by atoms with Gasteiger partial charge in [0.15, 0.2) is 0 Å². The van der Waals surface area contributed by atoms with Gasteiger partial charge in [-0.3, -0.25) is 9.69 Å². The van der Waals surface area contributed by atoms with Crippen molar-refractivity contribution in [3.8, 4) is 5.75 Å². The van der Waals surface area contributed by atoms with Crippen LogP contribution in [0.3, 0.4) is 0 Å². The van der Waals surface area contributed by atoms with E-state index in [4.69, 9.17) is 4.74 Å². The van der Waals surface area contributed by atoms with Crippen LogP contribution in [0.5, 0.6) is 5.75 Å². The molecular weight excluding hydrogens is 457 g/mol. The fourth-order valence-corrected chi connectivity index (χ4v) is 4.45. The lowest BCUT2D eigenvalue weighted by molar-refractivity contribution is -0.137. The van der Waals surface area contributed by atoms with Crippen LogP contribution in [-0.4, -0.2) is 47.0 Å². The van der Waals surface area contributed by atoms with Gasteiger partial charge in [-0.25, -0.2) is 4.98 Å². The maximum absolute atomic E-state index is 13.0. The van der Waals surface area contributed by atoms with E-state index in [1.54, 1.807) is 12.5 Å². The first-order chi connectivity index (χ1) is 16.9. The summed E-state index contributed by atoms with van der Waals surface area (Å²) in [4.78, 5) is 22.2. The summed E-state index contributed by atoms with van der Waals surface area (Å²) >= 11 is 0. The molecule has 1 saturated heterocycles. The molecule has 3 aromatic rings. The minimum absolute atomic E-state index is 0.00496. The number of aromatic nitrogens is 2. The summed E-state index contributed by atoms with van der Waals surface area (Å²) in [6, 6.07) is 14.9. The average Bonchev–Trinajstić information content (AvgIpc) is 3.36. The van der Waals surface area contributed by atoms with E-state index in [2.05, 4.69) is 20.2 Å². The van der Waals surface area contributed by atoms with Crippen LogP contribution >= 0.6 is 0 Å². The van der Waals surface area contributed by atoms with E-state index in [9.17, 15) is 18.0 Å². The highest BCUT2D eigenvalue weighted by molar-refractivity contribution is 5.79. The molecule has 1 amide bonds. The largest absolute Gasteiger partial charge is 0.493 e. The monoisotopic (exact) mass is 486 g/mol. The molecule has 0 bridgehead atoms. The topological polar surface area (TPSA) is 70.2 Å². The first-order valence-corrected chi connectivity index (χ1v) is 11.7. The molecule has 0 saturated carbocycles. The molecule has 186 valence electrons. The summed E-state index contributed by atoms with van der Waals surface area (Å²) in [7, 11) is 0. The van der Waals surface area contributed by atoms with Gasteiger partial charge < -0.3 is 15.0 Å². The minimum atomic E-state index is -4.42. The molecule has 1 aromatic heterocycles. The molecule has 1 aliphatic rings. The number of ether oxygens (including phenoxy) is 1. The van der Waals surface area contributed by atoms with E-state index in [-0.39, 0.29) is 30.1 Å². The van der Waals surface area contributed by atoms with Crippen molar-refractivity contribution in [1.29, 1.82) is 0 Å². The molecule has 0 unspecified atom stereocenters. The standard InChI is InChI=1S/C26H29F3N4O2/c27-26(28,29)22-7-4-8-24(12-22)35-17-20-11-21(25(34)31-10-9-23-13-30-18-32-23)16-33(15-20)14-19-5-2-1-3-6-19/h1-8,12-13,18,20-21H,9-11,14-17H2,(H,30,32)(H,31,34)/t20-,21+/m0/s1.